The third-order valence-corrected chi connectivity index (χ3v) is 1.91. The van der Waals surface area contributed by atoms with Crippen LogP contribution in [0.15, 0.2) is 24.3 Å². The lowest BCUT2D eigenvalue weighted by atomic mass is 10.1. The van der Waals surface area contributed by atoms with Gasteiger partial charge in [-0.15, -0.1) is 0 Å². The molecule has 0 saturated heterocycles. The summed E-state index contributed by atoms with van der Waals surface area (Å²) in [6, 6.07) is 7.34. The van der Waals surface area contributed by atoms with Crippen LogP contribution in [0.1, 0.15) is 25.0 Å². The summed E-state index contributed by atoms with van der Waals surface area (Å²) in [4.78, 5) is 0. The molecule has 1 aromatic carbocycles. The van der Waals surface area contributed by atoms with Gasteiger partial charge in [-0.3, -0.25) is 0 Å². The maximum Gasteiger partial charge on any atom is 0.119 e. The predicted molar refractivity (Wildman–Crippen MR) is 54.3 cm³/mol. The van der Waals surface area contributed by atoms with Gasteiger partial charge in [-0.25, -0.2) is 0 Å². The maximum atomic E-state index is 9.32. The molecule has 0 aliphatic heterocycles. The number of aliphatic hydroxyl groups excluding tert-OH is 2. The second-order valence-electron chi connectivity index (χ2n) is 3.17. The average Bonchev–Trinajstić information content (AvgIpc) is 2.19. The molecule has 2 N–H and O–H groups in total. The molecule has 0 aliphatic carbocycles. The highest BCUT2D eigenvalue weighted by molar-refractivity contribution is 5.29. The highest BCUT2D eigenvalue weighted by Gasteiger charge is 2.01. The molecule has 3 nitrogen and oxygen atoms in total. The van der Waals surface area contributed by atoms with Crippen molar-refractivity contribution in [1.29, 1.82) is 0 Å². The molecule has 1 rings (SSSR count). The fourth-order valence-corrected chi connectivity index (χ4v) is 1.12. The van der Waals surface area contributed by atoms with Gasteiger partial charge in [0.25, 0.3) is 0 Å². The highest BCUT2D eigenvalue weighted by Crippen LogP contribution is 2.18. The quantitative estimate of drug-likeness (QED) is 0.702. The van der Waals surface area contributed by atoms with Gasteiger partial charge in [-0.1, -0.05) is 12.1 Å². The first-order chi connectivity index (χ1) is 6.74. The van der Waals surface area contributed by atoms with E-state index in [1.54, 1.807) is 6.92 Å². The molecule has 1 atom stereocenters. The zero-order valence-electron chi connectivity index (χ0n) is 8.31. The number of rotatable bonds is 5. The van der Waals surface area contributed by atoms with E-state index < -0.39 is 6.10 Å². The molecule has 0 aromatic heterocycles. The lowest BCUT2D eigenvalue weighted by Gasteiger charge is -2.08. The van der Waals surface area contributed by atoms with E-state index in [4.69, 9.17) is 9.84 Å². The summed E-state index contributed by atoms with van der Waals surface area (Å²) < 4.78 is 5.37. The summed E-state index contributed by atoms with van der Waals surface area (Å²) in [7, 11) is 0. The average molecular weight is 196 g/mol. The van der Waals surface area contributed by atoms with Gasteiger partial charge in [0.05, 0.1) is 12.7 Å². The fraction of sp³-hybridized carbons (Fsp3) is 0.455. The Bertz CT molecular complexity index is 271. The molecule has 0 amide bonds. The molecule has 14 heavy (non-hydrogen) atoms. The summed E-state index contributed by atoms with van der Waals surface area (Å²) in [6.45, 7) is 2.35. The summed E-state index contributed by atoms with van der Waals surface area (Å²) in [5.74, 6) is 0.733. The van der Waals surface area contributed by atoms with Gasteiger partial charge < -0.3 is 14.9 Å². The molecular formula is C11H16O3. The van der Waals surface area contributed by atoms with Crippen molar-refractivity contribution in [3.8, 4) is 5.75 Å². The minimum atomic E-state index is -0.476. The first kappa shape index (κ1) is 11.0. The van der Waals surface area contributed by atoms with Gasteiger partial charge in [0.2, 0.25) is 0 Å². The summed E-state index contributed by atoms with van der Waals surface area (Å²) >= 11 is 0. The number of ether oxygens (including phenoxy) is 1. The van der Waals surface area contributed by atoms with Gasteiger partial charge in [-0.2, -0.15) is 0 Å². The Morgan fingerprint density at radius 3 is 2.86 bits per heavy atom. The van der Waals surface area contributed by atoms with E-state index in [9.17, 15) is 5.11 Å². The zero-order chi connectivity index (χ0) is 10.4. The van der Waals surface area contributed by atoms with Crippen molar-refractivity contribution in [2.75, 3.05) is 13.2 Å². The Morgan fingerprint density at radius 1 is 1.43 bits per heavy atom. The van der Waals surface area contributed by atoms with Gasteiger partial charge >= 0.3 is 0 Å². The molecule has 0 heterocycles. The van der Waals surface area contributed by atoms with E-state index in [1.165, 1.54) is 0 Å². The van der Waals surface area contributed by atoms with Crippen molar-refractivity contribution in [1.82, 2.24) is 0 Å². The standard InChI is InChI=1S/C11H16O3/c1-9(13)10-4-2-5-11(8-10)14-7-3-6-12/h2,4-5,8-9,12-13H,3,6-7H2,1H3. The van der Waals surface area contributed by atoms with Crippen molar-refractivity contribution >= 4 is 0 Å². The molecule has 78 valence electrons. The van der Waals surface area contributed by atoms with Gasteiger partial charge in [0.1, 0.15) is 5.75 Å². The van der Waals surface area contributed by atoms with Crippen molar-refractivity contribution in [2.24, 2.45) is 0 Å². The fourth-order valence-electron chi connectivity index (χ4n) is 1.12. The van der Waals surface area contributed by atoms with E-state index in [0.29, 0.717) is 13.0 Å². The molecule has 1 unspecified atom stereocenters. The Morgan fingerprint density at radius 2 is 2.21 bits per heavy atom. The van der Waals surface area contributed by atoms with Gasteiger partial charge in [0.15, 0.2) is 0 Å². The minimum Gasteiger partial charge on any atom is -0.493 e. The smallest absolute Gasteiger partial charge is 0.119 e. The lowest BCUT2D eigenvalue weighted by molar-refractivity contribution is 0.198. The van der Waals surface area contributed by atoms with Crippen LogP contribution in [0.2, 0.25) is 0 Å². The number of hydrogen-bond donors (Lipinski definition) is 2. The van der Waals surface area contributed by atoms with Crippen LogP contribution < -0.4 is 4.74 Å². The molecule has 0 fully saturated rings. The van der Waals surface area contributed by atoms with Gasteiger partial charge in [-0.05, 0) is 24.6 Å². The van der Waals surface area contributed by atoms with Crippen LogP contribution in [0.25, 0.3) is 0 Å². The molecule has 0 aliphatic rings. The normalized spacial score (nSPS) is 12.5. The minimum absolute atomic E-state index is 0.135. The molecule has 0 saturated carbocycles. The van der Waals surface area contributed by atoms with Crippen LogP contribution in [0.5, 0.6) is 5.75 Å². The summed E-state index contributed by atoms with van der Waals surface area (Å²) in [6.07, 6.45) is 0.148. The first-order valence-corrected chi connectivity index (χ1v) is 4.75. The Labute approximate surface area is 84.0 Å². The Kier molecular flexibility index (Phi) is 4.43. The zero-order valence-corrected chi connectivity index (χ0v) is 8.31. The first-order valence-electron chi connectivity index (χ1n) is 4.75. The Hall–Kier alpha value is -1.06. The van der Waals surface area contributed by atoms with E-state index in [2.05, 4.69) is 0 Å². The summed E-state index contributed by atoms with van der Waals surface area (Å²) in [5.41, 5.74) is 0.839. The van der Waals surface area contributed by atoms with Crippen molar-refractivity contribution in [2.45, 2.75) is 19.4 Å². The molecule has 0 radical (unpaired) electrons. The third kappa shape index (κ3) is 3.36. The topological polar surface area (TPSA) is 49.7 Å². The largest absolute Gasteiger partial charge is 0.493 e. The predicted octanol–water partition coefficient (Wildman–Crippen LogP) is 1.50. The second-order valence-corrected chi connectivity index (χ2v) is 3.17. The van der Waals surface area contributed by atoms with E-state index in [-0.39, 0.29) is 6.61 Å². The van der Waals surface area contributed by atoms with E-state index >= 15 is 0 Å². The van der Waals surface area contributed by atoms with Crippen LogP contribution in [0.3, 0.4) is 0 Å². The highest BCUT2D eigenvalue weighted by atomic mass is 16.5. The molecule has 3 heteroatoms. The molecule has 0 bridgehead atoms. The number of hydrogen-bond acceptors (Lipinski definition) is 3. The number of aliphatic hydroxyl groups is 2. The molecule has 1 aromatic rings. The van der Waals surface area contributed by atoms with E-state index in [1.807, 2.05) is 24.3 Å². The maximum absolute atomic E-state index is 9.32. The number of benzene rings is 1. The van der Waals surface area contributed by atoms with Crippen LogP contribution in [-0.2, 0) is 0 Å². The van der Waals surface area contributed by atoms with E-state index in [0.717, 1.165) is 11.3 Å². The second kappa shape index (κ2) is 5.62. The SMILES string of the molecule is CC(O)c1cccc(OCCCO)c1. The Balaban J connectivity index is 2.55. The van der Waals surface area contributed by atoms with Crippen LogP contribution in [-0.4, -0.2) is 23.4 Å². The van der Waals surface area contributed by atoms with Crippen molar-refractivity contribution in [3.63, 3.8) is 0 Å². The monoisotopic (exact) mass is 196 g/mol. The van der Waals surface area contributed by atoms with Crippen LogP contribution in [0, 0.1) is 0 Å². The van der Waals surface area contributed by atoms with Crippen LogP contribution in [0.4, 0.5) is 0 Å². The third-order valence-electron chi connectivity index (χ3n) is 1.91. The van der Waals surface area contributed by atoms with Crippen molar-refractivity contribution < 1.29 is 14.9 Å². The van der Waals surface area contributed by atoms with Gasteiger partial charge in [0, 0.05) is 13.0 Å². The lowest BCUT2D eigenvalue weighted by Crippen LogP contribution is -2.00. The molecule has 0 spiro atoms. The summed E-state index contributed by atoms with van der Waals surface area (Å²) in [5, 5.41) is 17.9. The van der Waals surface area contributed by atoms with Crippen LogP contribution >= 0.6 is 0 Å². The molecular weight excluding hydrogens is 180 g/mol. The van der Waals surface area contributed by atoms with Crippen molar-refractivity contribution in [3.05, 3.63) is 29.8 Å².